The van der Waals surface area contributed by atoms with Crippen LogP contribution in [0.3, 0.4) is 0 Å². The summed E-state index contributed by atoms with van der Waals surface area (Å²) in [6.45, 7) is 0. The highest BCUT2D eigenvalue weighted by atomic mass is 16.5. The number of hydrogen-bond donors (Lipinski definition) is 0. The highest BCUT2D eigenvalue weighted by Crippen LogP contribution is 2.48. The second-order valence-electron chi connectivity index (χ2n) is 3.85. The first-order valence-electron chi connectivity index (χ1n) is 4.61. The third-order valence-corrected chi connectivity index (χ3v) is 3.03. The molecule has 2 saturated carbocycles. The Balaban J connectivity index is 1.90. The van der Waals surface area contributed by atoms with E-state index in [1.807, 2.05) is 6.26 Å². The Morgan fingerprint density at radius 2 is 1.91 bits per heavy atom. The predicted octanol–water partition coefficient (Wildman–Crippen LogP) is 2.73. The standard InChI is InChI=1S/C10H16O/c1-11-7-8-2-4-9-6-10(9)5-3-8/h7,9-10H,2-6H2,1H3. The van der Waals surface area contributed by atoms with Crippen LogP contribution in [-0.4, -0.2) is 7.11 Å². The quantitative estimate of drug-likeness (QED) is 0.525. The normalized spacial score (nSPS) is 35.5. The van der Waals surface area contributed by atoms with Gasteiger partial charge < -0.3 is 4.74 Å². The van der Waals surface area contributed by atoms with Gasteiger partial charge in [-0.05, 0) is 49.5 Å². The van der Waals surface area contributed by atoms with Crippen LogP contribution in [0.5, 0.6) is 0 Å². The molecule has 0 aromatic carbocycles. The van der Waals surface area contributed by atoms with E-state index in [-0.39, 0.29) is 0 Å². The molecular weight excluding hydrogens is 136 g/mol. The average molecular weight is 152 g/mol. The third-order valence-electron chi connectivity index (χ3n) is 3.03. The zero-order chi connectivity index (χ0) is 7.68. The van der Waals surface area contributed by atoms with E-state index in [0.717, 1.165) is 11.8 Å². The number of ether oxygens (including phenoxy) is 1. The fourth-order valence-electron chi connectivity index (χ4n) is 2.17. The van der Waals surface area contributed by atoms with Gasteiger partial charge in [-0.15, -0.1) is 0 Å². The maximum absolute atomic E-state index is 5.02. The molecule has 0 spiro atoms. The predicted molar refractivity (Wildman–Crippen MR) is 45.2 cm³/mol. The van der Waals surface area contributed by atoms with E-state index in [9.17, 15) is 0 Å². The van der Waals surface area contributed by atoms with Gasteiger partial charge in [-0.25, -0.2) is 0 Å². The SMILES string of the molecule is COC=C1CCC2CC2CC1. The van der Waals surface area contributed by atoms with Gasteiger partial charge in [0.05, 0.1) is 13.4 Å². The van der Waals surface area contributed by atoms with Crippen molar-refractivity contribution in [3.8, 4) is 0 Å². The van der Waals surface area contributed by atoms with E-state index >= 15 is 0 Å². The Morgan fingerprint density at radius 3 is 2.45 bits per heavy atom. The Kier molecular flexibility index (Phi) is 1.89. The van der Waals surface area contributed by atoms with Crippen LogP contribution in [0.4, 0.5) is 0 Å². The molecule has 1 heteroatoms. The van der Waals surface area contributed by atoms with Gasteiger partial charge in [0.15, 0.2) is 0 Å². The molecule has 0 saturated heterocycles. The van der Waals surface area contributed by atoms with Crippen molar-refractivity contribution in [1.29, 1.82) is 0 Å². The van der Waals surface area contributed by atoms with Gasteiger partial charge in [-0.2, -0.15) is 0 Å². The first-order chi connectivity index (χ1) is 5.40. The van der Waals surface area contributed by atoms with E-state index in [0.29, 0.717) is 0 Å². The minimum atomic E-state index is 1.08. The fraction of sp³-hybridized carbons (Fsp3) is 0.800. The van der Waals surface area contributed by atoms with Crippen molar-refractivity contribution in [2.45, 2.75) is 32.1 Å². The summed E-state index contributed by atoms with van der Waals surface area (Å²) in [7, 11) is 1.75. The van der Waals surface area contributed by atoms with Crippen LogP contribution in [0.2, 0.25) is 0 Å². The number of methoxy groups -OCH3 is 1. The van der Waals surface area contributed by atoms with Gasteiger partial charge in [0.2, 0.25) is 0 Å². The molecule has 0 radical (unpaired) electrons. The van der Waals surface area contributed by atoms with Gasteiger partial charge in [0.25, 0.3) is 0 Å². The van der Waals surface area contributed by atoms with Crippen LogP contribution in [0, 0.1) is 11.8 Å². The zero-order valence-electron chi connectivity index (χ0n) is 7.18. The van der Waals surface area contributed by atoms with Crippen molar-refractivity contribution in [1.82, 2.24) is 0 Å². The molecule has 2 rings (SSSR count). The number of rotatable bonds is 1. The largest absolute Gasteiger partial charge is 0.504 e. The minimum Gasteiger partial charge on any atom is -0.504 e. The first kappa shape index (κ1) is 7.20. The van der Waals surface area contributed by atoms with Crippen molar-refractivity contribution < 1.29 is 4.74 Å². The van der Waals surface area contributed by atoms with Crippen molar-refractivity contribution in [3.05, 3.63) is 11.8 Å². The summed E-state index contributed by atoms with van der Waals surface area (Å²) in [5.74, 6) is 2.16. The molecule has 62 valence electrons. The molecule has 11 heavy (non-hydrogen) atoms. The molecule has 2 aliphatic rings. The molecule has 2 fully saturated rings. The highest BCUT2D eigenvalue weighted by Gasteiger charge is 2.37. The van der Waals surface area contributed by atoms with E-state index in [1.54, 1.807) is 7.11 Å². The molecule has 0 aliphatic heterocycles. The summed E-state index contributed by atoms with van der Waals surface area (Å²) < 4.78 is 5.02. The molecule has 0 amide bonds. The van der Waals surface area contributed by atoms with Crippen LogP contribution in [0.25, 0.3) is 0 Å². The molecule has 0 aromatic heterocycles. The topological polar surface area (TPSA) is 9.23 Å². The number of fused-ring (bicyclic) bond motifs is 1. The number of allylic oxidation sites excluding steroid dienone is 1. The maximum Gasteiger partial charge on any atom is 0.0816 e. The van der Waals surface area contributed by atoms with E-state index < -0.39 is 0 Å². The average Bonchev–Trinajstić information content (AvgIpc) is 2.71. The molecule has 0 aromatic rings. The van der Waals surface area contributed by atoms with Gasteiger partial charge in [0.1, 0.15) is 0 Å². The lowest BCUT2D eigenvalue weighted by atomic mass is 10.1. The van der Waals surface area contributed by atoms with E-state index in [1.165, 1.54) is 37.7 Å². The maximum atomic E-state index is 5.02. The lowest BCUT2D eigenvalue weighted by Gasteiger charge is -2.01. The second kappa shape index (κ2) is 2.88. The summed E-state index contributed by atoms with van der Waals surface area (Å²) in [5.41, 5.74) is 1.53. The van der Waals surface area contributed by atoms with Crippen LogP contribution < -0.4 is 0 Å². The van der Waals surface area contributed by atoms with Crippen LogP contribution in [0.15, 0.2) is 11.8 Å². The minimum absolute atomic E-state index is 1.08. The molecule has 2 unspecified atom stereocenters. The molecule has 0 bridgehead atoms. The molecule has 1 nitrogen and oxygen atoms in total. The highest BCUT2D eigenvalue weighted by molar-refractivity contribution is 5.05. The van der Waals surface area contributed by atoms with E-state index in [2.05, 4.69) is 0 Å². The Morgan fingerprint density at radius 1 is 1.27 bits per heavy atom. The third kappa shape index (κ3) is 1.58. The second-order valence-corrected chi connectivity index (χ2v) is 3.85. The van der Waals surface area contributed by atoms with Gasteiger partial charge >= 0.3 is 0 Å². The van der Waals surface area contributed by atoms with E-state index in [4.69, 9.17) is 4.74 Å². The van der Waals surface area contributed by atoms with Gasteiger partial charge in [-0.1, -0.05) is 0 Å². The lowest BCUT2D eigenvalue weighted by molar-refractivity contribution is 0.330. The molecule has 2 aliphatic carbocycles. The van der Waals surface area contributed by atoms with Crippen molar-refractivity contribution >= 4 is 0 Å². The summed E-state index contributed by atoms with van der Waals surface area (Å²) in [6.07, 6.45) is 8.87. The Hall–Kier alpha value is -0.460. The summed E-state index contributed by atoms with van der Waals surface area (Å²) in [5, 5.41) is 0. The zero-order valence-corrected chi connectivity index (χ0v) is 7.18. The van der Waals surface area contributed by atoms with Crippen LogP contribution in [-0.2, 0) is 4.74 Å². The van der Waals surface area contributed by atoms with Crippen molar-refractivity contribution in [2.75, 3.05) is 7.11 Å². The summed E-state index contributed by atoms with van der Waals surface area (Å²) >= 11 is 0. The fourth-order valence-corrected chi connectivity index (χ4v) is 2.17. The number of hydrogen-bond acceptors (Lipinski definition) is 1. The lowest BCUT2D eigenvalue weighted by Crippen LogP contribution is -1.84. The van der Waals surface area contributed by atoms with Crippen LogP contribution in [0.1, 0.15) is 32.1 Å². The molecule has 0 N–H and O–H groups in total. The molecule has 0 heterocycles. The Bertz CT molecular complexity index is 158. The molecular formula is C10H16O. The van der Waals surface area contributed by atoms with Crippen LogP contribution >= 0.6 is 0 Å². The van der Waals surface area contributed by atoms with Gasteiger partial charge in [-0.3, -0.25) is 0 Å². The Labute approximate surface area is 68.4 Å². The summed E-state index contributed by atoms with van der Waals surface area (Å²) in [4.78, 5) is 0. The van der Waals surface area contributed by atoms with Gasteiger partial charge in [0, 0.05) is 0 Å². The van der Waals surface area contributed by atoms with Crippen molar-refractivity contribution in [2.24, 2.45) is 11.8 Å². The monoisotopic (exact) mass is 152 g/mol. The first-order valence-corrected chi connectivity index (χ1v) is 4.61. The molecule has 2 atom stereocenters. The summed E-state index contributed by atoms with van der Waals surface area (Å²) in [6, 6.07) is 0. The van der Waals surface area contributed by atoms with Crippen molar-refractivity contribution in [3.63, 3.8) is 0 Å². The smallest absolute Gasteiger partial charge is 0.0816 e.